The van der Waals surface area contributed by atoms with Crippen molar-refractivity contribution < 1.29 is 14.3 Å². The Kier molecular flexibility index (Phi) is 5.63. The quantitative estimate of drug-likeness (QED) is 0.337. The molecule has 0 heterocycles. The summed E-state index contributed by atoms with van der Waals surface area (Å²) in [5, 5.41) is 0. The molecular weight excluding hydrogens is 236 g/mol. The van der Waals surface area contributed by atoms with Gasteiger partial charge in [-0.1, -0.05) is 6.58 Å². The van der Waals surface area contributed by atoms with Crippen molar-refractivity contribution in [1.82, 2.24) is 0 Å². The summed E-state index contributed by atoms with van der Waals surface area (Å²) in [6.07, 6.45) is 0. The van der Waals surface area contributed by atoms with Crippen LogP contribution in [0.5, 0.6) is 5.75 Å². The van der Waals surface area contributed by atoms with Crippen LogP contribution in [-0.2, 0) is 9.53 Å². The number of methoxy groups -OCH3 is 1. The summed E-state index contributed by atoms with van der Waals surface area (Å²) in [6, 6.07) is 7.76. The van der Waals surface area contributed by atoms with Crippen molar-refractivity contribution in [3.8, 4) is 5.75 Å². The maximum Gasteiger partial charge on any atom is 0.333 e. The van der Waals surface area contributed by atoms with Crippen LogP contribution in [0.25, 0.3) is 0 Å². The molecule has 0 fully saturated rings. The molecule has 0 spiro atoms. The van der Waals surface area contributed by atoms with Gasteiger partial charge in [-0.05, 0) is 31.2 Å². The molecular formula is C13H16O3S. The topological polar surface area (TPSA) is 35.5 Å². The van der Waals surface area contributed by atoms with Crippen molar-refractivity contribution in [2.75, 3.05) is 19.5 Å². The summed E-state index contributed by atoms with van der Waals surface area (Å²) in [5.74, 6) is 1.23. The molecule has 0 radical (unpaired) electrons. The number of hydrogen-bond donors (Lipinski definition) is 0. The fourth-order valence-corrected chi connectivity index (χ4v) is 1.82. The SMILES string of the molecule is C=C(C)C(=O)OCCSc1ccc(OC)cc1. The number of hydrogen-bond acceptors (Lipinski definition) is 4. The fourth-order valence-electron chi connectivity index (χ4n) is 1.09. The van der Waals surface area contributed by atoms with E-state index in [9.17, 15) is 4.79 Å². The highest BCUT2D eigenvalue weighted by Gasteiger charge is 2.02. The van der Waals surface area contributed by atoms with E-state index in [-0.39, 0.29) is 5.97 Å². The van der Waals surface area contributed by atoms with Crippen molar-refractivity contribution in [3.63, 3.8) is 0 Å². The van der Waals surface area contributed by atoms with Crippen molar-refractivity contribution in [2.45, 2.75) is 11.8 Å². The molecule has 0 unspecified atom stereocenters. The van der Waals surface area contributed by atoms with Crippen molar-refractivity contribution >= 4 is 17.7 Å². The average molecular weight is 252 g/mol. The maximum atomic E-state index is 11.1. The Balaban J connectivity index is 2.26. The van der Waals surface area contributed by atoms with Crippen LogP contribution in [0.4, 0.5) is 0 Å². The molecule has 0 bridgehead atoms. The van der Waals surface area contributed by atoms with E-state index in [2.05, 4.69) is 6.58 Å². The first kappa shape index (κ1) is 13.6. The Bertz CT molecular complexity index is 384. The molecule has 0 aliphatic rings. The van der Waals surface area contributed by atoms with Crippen LogP contribution < -0.4 is 4.74 Å². The number of esters is 1. The Morgan fingerprint density at radius 2 is 2.00 bits per heavy atom. The predicted molar refractivity (Wildman–Crippen MR) is 69.5 cm³/mol. The zero-order valence-corrected chi connectivity index (χ0v) is 10.9. The van der Waals surface area contributed by atoms with Gasteiger partial charge in [0, 0.05) is 16.2 Å². The van der Waals surface area contributed by atoms with Crippen molar-refractivity contribution in [2.24, 2.45) is 0 Å². The molecule has 1 aromatic carbocycles. The lowest BCUT2D eigenvalue weighted by Gasteiger charge is -2.05. The van der Waals surface area contributed by atoms with E-state index in [1.807, 2.05) is 24.3 Å². The van der Waals surface area contributed by atoms with E-state index in [0.717, 1.165) is 16.4 Å². The monoisotopic (exact) mass is 252 g/mol. The summed E-state index contributed by atoms with van der Waals surface area (Å²) in [6.45, 7) is 5.54. The minimum absolute atomic E-state index is 0.333. The summed E-state index contributed by atoms with van der Waals surface area (Å²) in [5.41, 5.74) is 0.430. The molecule has 92 valence electrons. The third-order valence-corrected chi connectivity index (χ3v) is 2.97. The molecule has 0 amide bonds. The van der Waals surface area contributed by atoms with E-state index in [1.165, 1.54) is 0 Å². The van der Waals surface area contributed by atoms with Crippen LogP contribution in [0.2, 0.25) is 0 Å². The number of rotatable bonds is 6. The predicted octanol–water partition coefficient (Wildman–Crippen LogP) is 2.91. The fraction of sp³-hybridized carbons (Fsp3) is 0.308. The lowest BCUT2D eigenvalue weighted by Crippen LogP contribution is -2.07. The molecule has 1 rings (SSSR count). The van der Waals surface area contributed by atoms with E-state index in [4.69, 9.17) is 9.47 Å². The van der Waals surface area contributed by atoms with Crippen LogP contribution in [-0.4, -0.2) is 25.4 Å². The summed E-state index contributed by atoms with van der Waals surface area (Å²) in [4.78, 5) is 12.2. The molecule has 0 aliphatic carbocycles. The Morgan fingerprint density at radius 1 is 1.35 bits per heavy atom. The summed E-state index contributed by atoms with van der Waals surface area (Å²) < 4.78 is 10.1. The van der Waals surface area contributed by atoms with E-state index < -0.39 is 0 Å². The van der Waals surface area contributed by atoms with Crippen LogP contribution in [0, 0.1) is 0 Å². The van der Waals surface area contributed by atoms with Gasteiger partial charge in [0.1, 0.15) is 12.4 Å². The first-order valence-electron chi connectivity index (χ1n) is 5.23. The van der Waals surface area contributed by atoms with E-state index >= 15 is 0 Å². The molecule has 0 aliphatic heterocycles. The Labute approximate surface area is 106 Å². The first-order valence-corrected chi connectivity index (χ1v) is 6.21. The van der Waals surface area contributed by atoms with E-state index in [1.54, 1.807) is 25.8 Å². The van der Waals surface area contributed by atoms with Crippen molar-refractivity contribution in [3.05, 3.63) is 36.4 Å². The summed E-state index contributed by atoms with van der Waals surface area (Å²) >= 11 is 1.63. The van der Waals surface area contributed by atoms with Gasteiger partial charge in [0.25, 0.3) is 0 Å². The van der Waals surface area contributed by atoms with Gasteiger partial charge in [0.2, 0.25) is 0 Å². The second kappa shape index (κ2) is 7.01. The number of ether oxygens (including phenoxy) is 2. The number of benzene rings is 1. The smallest absolute Gasteiger partial charge is 0.333 e. The zero-order valence-electron chi connectivity index (χ0n) is 10.1. The van der Waals surface area contributed by atoms with Gasteiger partial charge in [0.05, 0.1) is 7.11 Å². The number of carbonyl (C=O) groups is 1. The number of carbonyl (C=O) groups excluding carboxylic acids is 1. The Hall–Kier alpha value is -1.42. The summed E-state index contributed by atoms with van der Waals surface area (Å²) in [7, 11) is 1.64. The molecule has 0 atom stereocenters. The second-order valence-corrected chi connectivity index (χ2v) is 4.61. The third-order valence-electron chi connectivity index (χ3n) is 1.99. The molecule has 3 nitrogen and oxygen atoms in total. The minimum atomic E-state index is -0.333. The van der Waals surface area contributed by atoms with Crippen LogP contribution in [0.15, 0.2) is 41.3 Å². The van der Waals surface area contributed by atoms with Crippen LogP contribution in [0.1, 0.15) is 6.92 Å². The van der Waals surface area contributed by atoms with Gasteiger partial charge in [-0.15, -0.1) is 11.8 Å². The largest absolute Gasteiger partial charge is 0.497 e. The highest BCUT2D eigenvalue weighted by atomic mass is 32.2. The lowest BCUT2D eigenvalue weighted by atomic mass is 10.3. The molecule has 4 heteroatoms. The van der Waals surface area contributed by atoms with Crippen molar-refractivity contribution in [1.29, 1.82) is 0 Å². The molecule has 0 N–H and O–H groups in total. The molecule has 1 aromatic rings. The molecule has 0 saturated carbocycles. The van der Waals surface area contributed by atoms with Gasteiger partial charge < -0.3 is 9.47 Å². The second-order valence-electron chi connectivity index (χ2n) is 3.44. The van der Waals surface area contributed by atoms with Crippen LogP contribution in [0.3, 0.4) is 0 Å². The Morgan fingerprint density at radius 3 is 2.53 bits per heavy atom. The van der Waals surface area contributed by atoms with Gasteiger partial charge in [-0.25, -0.2) is 4.79 Å². The highest BCUT2D eigenvalue weighted by Crippen LogP contribution is 2.20. The molecule has 0 aromatic heterocycles. The zero-order chi connectivity index (χ0) is 12.7. The highest BCUT2D eigenvalue weighted by molar-refractivity contribution is 7.99. The van der Waals surface area contributed by atoms with Crippen LogP contribution >= 0.6 is 11.8 Å². The van der Waals surface area contributed by atoms with E-state index in [0.29, 0.717) is 12.2 Å². The van der Waals surface area contributed by atoms with Gasteiger partial charge >= 0.3 is 5.97 Å². The molecule has 0 saturated heterocycles. The minimum Gasteiger partial charge on any atom is -0.497 e. The standard InChI is InChI=1S/C13H16O3S/c1-10(2)13(14)16-8-9-17-12-6-4-11(15-3)5-7-12/h4-7H,1,8-9H2,2-3H3. The van der Waals surface area contributed by atoms with Gasteiger partial charge in [0.15, 0.2) is 0 Å². The number of thioether (sulfide) groups is 1. The molecule has 17 heavy (non-hydrogen) atoms. The first-order chi connectivity index (χ1) is 8.13. The van der Waals surface area contributed by atoms with Gasteiger partial charge in [-0.3, -0.25) is 0 Å². The normalized spacial score (nSPS) is 9.76. The lowest BCUT2D eigenvalue weighted by molar-refractivity contribution is -0.138. The average Bonchev–Trinajstić information content (AvgIpc) is 2.35. The maximum absolute atomic E-state index is 11.1. The van der Waals surface area contributed by atoms with Gasteiger partial charge in [-0.2, -0.15) is 0 Å². The third kappa shape index (κ3) is 4.95.